The Morgan fingerprint density at radius 1 is 1.46 bits per heavy atom. The maximum Gasteiger partial charge on any atom is 0.142 e. The Hall–Kier alpha value is -2.23. The maximum absolute atomic E-state index is 10.1. The minimum atomic E-state index is 0.257. The molecule has 0 amide bonds. The van der Waals surface area contributed by atoms with Crippen LogP contribution in [0.1, 0.15) is 34.6 Å². The molecule has 0 unspecified atom stereocenters. The summed E-state index contributed by atoms with van der Waals surface area (Å²) < 4.78 is 0. The van der Waals surface area contributed by atoms with Gasteiger partial charge in [0.05, 0.1) is 5.69 Å². The lowest BCUT2D eigenvalue weighted by Crippen LogP contribution is -2.11. The fourth-order valence-electron chi connectivity index (χ4n) is 3.07. The molecule has 0 bridgehead atoms. The fraction of sp³-hybridized carbons (Fsp3) is 0.333. The van der Waals surface area contributed by atoms with Crippen molar-refractivity contribution in [1.29, 1.82) is 5.26 Å². The highest BCUT2D eigenvalue weighted by Gasteiger charge is 2.28. The van der Waals surface area contributed by atoms with E-state index >= 15 is 0 Å². The first-order chi connectivity index (χ1) is 11.4. The van der Waals surface area contributed by atoms with Gasteiger partial charge < -0.3 is 15.7 Å². The van der Waals surface area contributed by atoms with E-state index in [4.69, 9.17) is 5.73 Å². The maximum atomic E-state index is 10.1. The Balaban J connectivity index is 2.23. The molecule has 1 aliphatic rings. The van der Waals surface area contributed by atoms with Crippen LogP contribution in [0.15, 0.2) is 18.2 Å². The van der Waals surface area contributed by atoms with Gasteiger partial charge in [-0.3, -0.25) is 0 Å². The predicted octanol–water partition coefficient (Wildman–Crippen LogP) is 3.28. The molecule has 0 saturated heterocycles. The van der Waals surface area contributed by atoms with Crippen LogP contribution in [0.2, 0.25) is 0 Å². The molecule has 6 heteroatoms. The second-order valence-electron chi connectivity index (χ2n) is 6.26. The standard InChI is InChI=1S/C18H20N4OS/c1-10-17-14(9-24-10)16(13(7-19)18(20)21-17)11-4-5-15(23)12(6-11)8-22(2)3/h4-6,10,23H,8-9H2,1-3H3,(H2,20,21)/t10-/m0/s1. The van der Waals surface area contributed by atoms with E-state index in [0.717, 1.165) is 33.7 Å². The number of anilines is 1. The van der Waals surface area contributed by atoms with Gasteiger partial charge in [0.2, 0.25) is 0 Å². The van der Waals surface area contributed by atoms with E-state index in [2.05, 4.69) is 18.0 Å². The SMILES string of the molecule is C[C@@H]1SCc2c1nc(N)c(C#N)c2-c1ccc(O)c(CN(C)C)c1. The molecule has 2 aromatic rings. The van der Waals surface area contributed by atoms with Crippen LogP contribution < -0.4 is 5.73 Å². The highest BCUT2D eigenvalue weighted by molar-refractivity contribution is 7.99. The zero-order valence-corrected chi connectivity index (χ0v) is 14.8. The third kappa shape index (κ3) is 2.81. The molecule has 0 saturated carbocycles. The van der Waals surface area contributed by atoms with E-state index in [0.29, 0.717) is 12.1 Å². The lowest BCUT2D eigenvalue weighted by Gasteiger charge is -2.16. The smallest absolute Gasteiger partial charge is 0.142 e. The van der Waals surface area contributed by atoms with Crippen LogP contribution in [0.5, 0.6) is 5.75 Å². The van der Waals surface area contributed by atoms with Gasteiger partial charge in [0.15, 0.2) is 0 Å². The van der Waals surface area contributed by atoms with Crippen molar-refractivity contribution >= 4 is 17.6 Å². The number of aromatic nitrogens is 1. The number of nitriles is 1. The first-order valence-corrected chi connectivity index (χ1v) is 8.78. The molecule has 1 aliphatic heterocycles. The number of hydrogen-bond acceptors (Lipinski definition) is 6. The summed E-state index contributed by atoms with van der Waals surface area (Å²) in [6.45, 7) is 2.72. The third-order valence-electron chi connectivity index (χ3n) is 4.19. The van der Waals surface area contributed by atoms with Gasteiger partial charge >= 0.3 is 0 Å². The molecule has 3 rings (SSSR count). The summed E-state index contributed by atoms with van der Waals surface area (Å²) in [5.74, 6) is 1.35. The van der Waals surface area contributed by atoms with Crippen LogP contribution in [0, 0.1) is 11.3 Å². The van der Waals surface area contributed by atoms with Crippen LogP contribution in [0.25, 0.3) is 11.1 Å². The number of nitrogens with zero attached hydrogens (tertiary/aromatic N) is 3. The number of thioether (sulfide) groups is 1. The Morgan fingerprint density at radius 2 is 2.21 bits per heavy atom. The molecule has 0 spiro atoms. The number of aromatic hydroxyl groups is 1. The van der Waals surface area contributed by atoms with Gasteiger partial charge in [-0.15, -0.1) is 11.8 Å². The number of phenols is 1. The van der Waals surface area contributed by atoms with Crippen molar-refractivity contribution in [2.24, 2.45) is 0 Å². The van der Waals surface area contributed by atoms with Gasteiger partial charge in [-0.05, 0) is 44.3 Å². The van der Waals surface area contributed by atoms with E-state index in [1.807, 2.05) is 31.1 Å². The zero-order chi connectivity index (χ0) is 17.4. The second-order valence-corrected chi connectivity index (χ2v) is 7.59. The van der Waals surface area contributed by atoms with Crippen LogP contribution in [-0.2, 0) is 12.3 Å². The van der Waals surface area contributed by atoms with Crippen molar-refractivity contribution in [2.75, 3.05) is 19.8 Å². The van der Waals surface area contributed by atoms with Crippen molar-refractivity contribution in [3.8, 4) is 22.9 Å². The third-order valence-corrected chi connectivity index (χ3v) is 5.37. The lowest BCUT2D eigenvalue weighted by molar-refractivity contribution is 0.386. The molecule has 0 radical (unpaired) electrons. The fourth-order valence-corrected chi connectivity index (χ4v) is 4.13. The molecule has 1 aromatic carbocycles. The molecule has 0 aliphatic carbocycles. The number of fused-ring (bicyclic) bond motifs is 1. The molecular formula is C18H20N4OS. The molecule has 2 heterocycles. The minimum Gasteiger partial charge on any atom is -0.508 e. The number of rotatable bonds is 3. The van der Waals surface area contributed by atoms with E-state index in [1.165, 1.54) is 0 Å². The molecule has 3 N–H and O–H groups in total. The Labute approximate surface area is 146 Å². The van der Waals surface area contributed by atoms with E-state index in [9.17, 15) is 10.4 Å². The van der Waals surface area contributed by atoms with Gasteiger partial charge in [-0.2, -0.15) is 5.26 Å². The largest absolute Gasteiger partial charge is 0.508 e. The Kier molecular flexibility index (Phi) is 4.39. The Bertz CT molecular complexity index is 842. The average Bonchev–Trinajstić information content (AvgIpc) is 2.89. The number of hydrogen-bond donors (Lipinski definition) is 2. The summed E-state index contributed by atoms with van der Waals surface area (Å²) in [5.41, 5.74) is 11.1. The van der Waals surface area contributed by atoms with Gasteiger partial charge in [-0.1, -0.05) is 6.07 Å². The minimum absolute atomic E-state index is 0.257. The lowest BCUT2D eigenvalue weighted by atomic mass is 9.93. The monoisotopic (exact) mass is 340 g/mol. The number of phenolic OH excluding ortho intramolecular Hbond substituents is 1. The van der Waals surface area contributed by atoms with Crippen molar-refractivity contribution in [3.05, 3.63) is 40.6 Å². The summed E-state index contributed by atoms with van der Waals surface area (Å²) in [6, 6.07) is 7.69. The Morgan fingerprint density at radius 3 is 2.88 bits per heavy atom. The van der Waals surface area contributed by atoms with Crippen molar-refractivity contribution in [1.82, 2.24) is 9.88 Å². The van der Waals surface area contributed by atoms with Crippen LogP contribution in [0.3, 0.4) is 0 Å². The number of pyridine rings is 1. The van der Waals surface area contributed by atoms with E-state index < -0.39 is 0 Å². The van der Waals surface area contributed by atoms with E-state index in [1.54, 1.807) is 17.8 Å². The predicted molar refractivity (Wildman–Crippen MR) is 97.6 cm³/mol. The number of benzene rings is 1. The zero-order valence-electron chi connectivity index (χ0n) is 14.0. The average molecular weight is 340 g/mol. The molecular weight excluding hydrogens is 320 g/mol. The normalized spacial score (nSPS) is 16.2. The summed E-state index contributed by atoms with van der Waals surface area (Å²) in [5, 5.41) is 20.0. The van der Waals surface area contributed by atoms with Crippen molar-refractivity contribution in [3.63, 3.8) is 0 Å². The van der Waals surface area contributed by atoms with Gasteiger partial charge in [0.25, 0.3) is 0 Å². The highest BCUT2D eigenvalue weighted by atomic mass is 32.2. The van der Waals surface area contributed by atoms with Crippen molar-refractivity contribution < 1.29 is 5.11 Å². The van der Waals surface area contributed by atoms with Crippen LogP contribution >= 0.6 is 11.8 Å². The summed E-state index contributed by atoms with van der Waals surface area (Å²) in [4.78, 5) is 6.45. The number of nitrogens with two attached hydrogens (primary N) is 1. The molecule has 124 valence electrons. The topological polar surface area (TPSA) is 86.2 Å². The highest BCUT2D eigenvalue weighted by Crippen LogP contribution is 2.46. The van der Waals surface area contributed by atoms with Crippen molar-refractivity contribution in [2.45, 2.75) is 24.5 Å². The quantitative estimate of drug-likeness (QED) is 0.892. The summed E-state index contributed by atoms with van der Waals surface area (Å²) in [6.07, 6.45) is 0. The first-order valence-electron chi connectivity index (χ1n) is 7.73. The summed E-state index contributed by atoms with van der Waals surface area (Å²) >= 11 is 1.80. The van der Waals surface area contributed by atoms with Gasteiger partial charge in [-0.25, -0.2) is 4.98 Å². The summed E-state index contributed by atoms with van der Waals surface area (Å²) in [7, 11) is 3.90. The van der Waals surface area contributed by atoms with Gasteiger partial charge in [0.1, 0.15) is 23.2 Å². The molecule has 24 heavy (non-hydrogen) atoms. The van der Waals surface area contributed by atoms with E-state index in [-0.39, 0.29) is 16.8 Å². The van der Waals surface area contributed by atoms with Gasteiger partial charge in [0, 0.05) is 28.7 Å². The van der Waals surface area contributed by atoms with Crippen LogP contribution in [0.4, 0.5) is 5.82 Å². The molecule has 5 nitrogen and oxygen atoms in total. The first kappa shape index (κ1) is 16.6. The second kappa shape index (κ2) is 6.34. The molecule has 0 fully saturated rings. The number of nitrogen functional groups attached to an aromatic ring is 1. The molecule has 1 aromatic heterocycles. The molecule has 1 atom stereocenters. The van der Waals surface area contributed by atoms with Crippen LogP contribution in [-0.4, -0.2) is 29.1 Å².